The largest absolute Gasteiger partial charge is 0.393 e. The number of anilines is 1. The second-order valence-electron chi connectivity index (χ2n) is 9.81. The van der Waals surface area contributed by atoms with Crippen LogP contribution in [0, 0.1) is 11.3 Å². The van der Waals surface area contributed by atoms with Crippen LogP contribution in [0.3, 0.4) is 0 Å². The average molecular weight is 557 g/mol. The molecule has 11 nitrogen and oxygen atoms in total. The summed E-state index contributed by atoms with van der Waals surface area (Å²) in [4.78, 5) is 8.88. The molecular weight excluding hydrogens is 528 g/mol. The van der Waals surface area contributed by atoms with E-state index in [1.54, 1.807) is 17.1 Å². The molecule has 1 aliphatic carbocycles. The van der Waals surface area contributed by atoms with Gasteiger partial charge >= 0.3 is 0 Å². The van der Waals surface area contributed by atoms with Gasteiger partial charge in [-0.1, -0.05) is 17.7 Å². The van der Waals surface area contributed by atoms with Crippen LogP contribution >= 0.6 is 11.6 Å². The van der Waals surface area contributed by atoms with E-state index in [1.807, 2.05) is 18.2 Å². The molecule has 1 saturated carbocycles. The van der Waals surface area contributed by atoms with Gasteiger partial charge in [0.05, 0.1) is 46.7 Å². The third-order valence-electron chi connectivity index (χ3n) is 6.99. The molecule has 2 aliphatic rings. The Bertz CT molecular complexity index is 1460. The highest BCUT2D eigenvalue weighted by molar-refractivity contribution is 7.88. The molecular formula is C25H29ClN8O3S. The lowest BCUT2D eigenvalue weighted by Gasteiger charge is -2.32. The Labute approximate surface area is 226 Å². The van der Waals surface area contributed by atoms with E-state index in [0.717, 1.165) is 18.4 Å². The van der Waals surface area contributed by atoms with Crippen molar-refractivity contribution in [3.63, 3.8) is 0 Å². The van der Waals surface area contributed by atoms with Crippen LogP contribution in [0.4, 0.5) is 5.95 Å². The molecule has 3 heterocycles. The number of aliphatic hydroxyl groups excluding tert-OH is 1. The van der Waals surface area contributed by atoms with Crippen molar-refractivity contribution in [3.05, 3.63) is 52.9 Å². The quantitative estimate of drug-likeness (QED) is 0.380. The molecule has 0 unspecified atom stereocenters. The first-order chi connectivity index (χ1) is 18.2. The minimum atomic E-state index is -3.20. The second kappa shape index (κ2) is 11.0. The Kier molecular flexibility index (Phi) is 7.65. The normalized spacial score (nSPS) is 20.6. The Balaban J connectivity index is 1.29. The number of nitrogens with zero attached hydrogens (tertiary/aromatic N) is 6. The fourth-order valence-electron chi connectivity index (χ4n) is 4.71. The summed E-state index contributed by atoms with van der Waals surface area (Å²) in [5.41, 5.74) is 3.14. The molecule has 3 aromatic rings. The van der Waals surface area contributed by atoms with Gasteiger partial charge in [0.15, 0.2) is 0 Å². The average Bonchev–Trinajstić information content (AvgIpc) is 3.35. The summed E-state index contributed by atoms with van der Waals surface area (Å²) in [6.45, 7) is 1.54. The van der Waals surface area contributed by atoms with Crippen LogP contribution in [0.1, 0.15) is 36.8 Å². The predicted molar refractivity (Wildman–Crippen MR) is 143 cm³/mol. The van der Waals surface area contributed by atoms with Gasteiger partial charge in [-0.05, 0) is 43.4 Å². The van der Waals surface area contributed by atoms with Crippen LogP contribution in [0.15, 0.2) is 36.8 Å². The fourth-order valence-corrected chi connectivity index (χ4v) is 5.87. The molecule has 0 bridgehead atoms. The summed E-state index contributed by atoms with van der Waals surface area (Å²) < 4.78 is 26.7. The zero-order valence-electron chi connectivity index (χ0n) is 20.9. The van der Waals surface area contributed by atoms with Crippen LogP contribution < -0.4 is 10.6 Å². The molecule has 3 N–H and O–H groups in total. The lowest BCUT2D eigenvalue weighted by molar-refractivity contribution is 0.0619. The molecule has 1 aliphatic heterocycles. The van der Waals surface area contributed by atoms with Crippen molar-refractivity contribution >= 4 is 27.6 Å². The van der Waals surface area contributed by atoms with Crippen LogP contribution in [0.5, 0.6) is 0 Å². The molecule has 0 radical (unpaired) electrons. The standard InChI is InChI=1S/C25H29ClN8O3S/c1-38(36,37)33-6-4-19(5-7-33)31-25-29-13-17(11-27)24(32-25)18-14-30-34(15-18)23-3-2-16(8-22(23)26)12-28-20-9-21(35)10-20/h2-3,8,13-15,19-21,28,35H,4-7,9-10,12H2,1H3,(H,29,31,32). The summed E-state index contributed by atoms with van der Waals surface area (Å²) in [5.74, 6) is 0.374. The Hall–Kier alpha value is -3.08. The topological polar surface area (TPSA) is 149 Å². The molecule has 0 spiro atoms. The molecule has 13 heteroatoms. The third kappa shape index (κ3) is 5.98. The first kappa shape index (κ1) is 26.5. The van der Waals surface area contributed by atoms with Crippen molar-refractivity contribution in [1.29, 1.82) is 5.26 Å². The molecule has 2 aromatic heterocycles. The fraction of sp³-hybridized carbons (Fsp3) is 0.440. The molecule has 0 atom stereocenters. The molecule has 5 rings (SSSR count). The monoisotopic (exact) mass is 556 g/mol. The van der Waals surface area contributed by atoms with Gasteiger partial charge in [0, 0.05) is 43.5 Å². The molecule has 0 amide bonds. The van der Waals surface area contributed by atoms with Gasteiger partial charge in [0.1, 0.15) is 6.07 Å². The van der Waals surface area contributed by atoms with E-state index in [0.29, 0.717) is 72.0 Å². The molecule has 2 fully saturated rings. The Morgan fingerprint density at radius 3 is 2.63 bits per heavy atom. The lowest BCUT2D eigenvalue weighted by Crippen LogP contribution is -2.43. The van der Waals surface area contributed by atoms with E-state index in [2.05, 4.69) is 31.8 Å². The SMILES string of the molecule is CS(=O)(=O)N1CCC(Nc2ncc(C#N)c(-c3cnn(-c4ccc(CNC5CC(O)C5)cc4Cl)c3)n2)CC1. The summed E-state index contributed by atoms with van der Waals surface area (Å²) in [6.07, 6.45) is 8.72. The first-order valence-electron chi connectivity index (χ1n) is 12.4. The summed E-state index contributed by atoms with van der Waals surface area (Å²) in [6, 6.07) is 8.26. The minimum Gasteiger partial charge on any atom is -0.393 e. The number of benzene rings is 1. The van der Waals surface area contributed by atoms with E-state index in [-0.39, 0.29) is 12.1 Å². The number of nitriles is 1. The number of aliphatic hydroxyl groups is 1. The van der Waals surface area contributed by atoms with Gasteiger partial charge < -0.3 is 15.7 Å². The van der Waals surface area contributed by atoms with Crippen molar-refractivity contribution in [2.45, 2.75) is 50.4 Å². The summed E-state index contributed by atoms with van der Waals surface area (Å²) in [7, 11) is -3.20. The smallest absolute Gasteiger partial charge is 0.223 e. The number of hydrogen-bond acceptors (Lipinski definition) is 9. The third-order valence-corrected chi connectivity index (χ3v) is 8.59. The van der Waals surface area contributed by atoms with Gasteiger partial charge in [-0.15, -0.1) is 0 Å². The van der Waals surface area contributed by atoms with E-state index >= 15 is 0 Å². The van der Waals surface area contributed by atoms with Gasteiger partial charge in [-0.2, -0.15) is 10.4 Å². The van der Waals surface area contributed by atoms with Crippen molar-refractivity contribution in [1.82, 2.24) is 29.4 Å². The predicted octanol–water partition coefficient (Wildman–Crippen LogP) is 2.30. The molecule has 1 saturated heterocycles. The highest BCUT2D eigenvalue weighted by Crippen LogP contribution is 2.27. The molecule has 1 aromatic carbocycles. The number of nitrogens with one attached hydrogen (secondary N) is 2. The minimum absolute atomic E-state index is 0.0256. The van der Waals surface area contributed by atoms with Crippen LogP contribution in [0.2, 0.25) is 5.02 Å². The number of piperidine rings is 1. The number of hydrogen-bond donors (Lipinski definition) is 3. The van der Waals surface area contributed by atoms with Crippen molar-refractivity contribution in [3.8, 4) is 23.0 Å². The van der Waals surface area contributed by atoms with Crippen LogP contribution in [-0.2, 0) is 16.6 Å². The Morgan fingerprint density at radius 2 is 1.97 bits per heavy atom. The van der Waals surface area contributed by atoms with Crippen LogP contribution in [0.25, 0.3) is 16.9 Å². The van der Waals surface area contributed by atoms with E-state index in [4.69, 9.17) is 11.6 Å². The van der Waals surface area contributed by atoms with Crippen LogP contribution in [-0.4, -0.2) is 75.1 Å². The molecule has 200 valence electrons. The van der Waals surface area contributed by atoms with E-state index in [1.165, 1.54) is 16.8 Å². The van der Waals surface area contributed by atoms with E-state index < -0.39 is 10.0 Å². The number of aromatic nitrogens is 4. The summed E-state index contributed by atoms with van der Waals surface area (Å²) >= 11 is 6.58. The van der Waals surface area contributed by atoms with Crippen molar-refractivity contribution < 1.29 is 13.5 Å². The lowest BCUT2D eigenvalue weighted by atomic mass is 9.89. The van der Waals surface area contributed by atoms with Gasteiger partial charge in [-0.25, -0.2) is 27.4 Å². The number of halogens is 1. The second-order valence-corrected chi connectivity index (χ2v) is 12.2. The first-order valence-corrected chi connectivity index (χ1v) is 14.7. The number of sulfonamides is 1. The van der Waals surface area contributed by atoms with Gasteiger partial charge in [0.2, 0.25) is 16.0 Å². The van der Waals surface area contributed by atoms with Crippen molar-refractivity contribution in [2.24, 2.45) is 0 Å². The number of rotatable bonds is 8. The van der Waals surface area contributed by atoms with Gasteiger partial charge in [-0.3, -0.25) is 0 Å². The Morgan fingerprint density at radius 1 is 1.21 bits per heavy atom. The molecule has 38 heavy (non-hydrogen) atoms. The highest BCUT2D eigenvalue weighted by Gasteiger charge is 2.27. The maximum atomic E-state index is 11.8. The maximum absolute atomic E-state index is 11.8. The zero-order valence-corrected chi connectivity index (χ0v) is 22.5. The van der Waals surface area contributed by atoms with Gasteiger partial charge in [0.25, 0.3) is 0 Å². The highest BCUT2D eigenvalue weighted by atomic mass is 35.5. The summed E-state index contributed by atoms with van der Waals surface area (Å²) in [5, 5.41) is 30.8. The van der Waals surface area contributed by atoms with Crippen molar-refractivity contribution in [2.75, 3.05) is 24.7 Å². The van der Waals surface area contributed by atoms with E-state index in [9.17, 15) is 18.8 Å². The zero-order chi connectivity index (χ0) is 26.9. The maximum Gasteiger partial charge on any atom is 0.223 e.